The van der Waals surface area contributed by atoms with Gasteiger partial charge < -0.3 is 15.0 Å². The van der Waals surface area contributed by atoms with Crippen LogP contribution in [0.2, 0.25) is 10.0 Å². The van der Waals surface area contributed by atoms with E-state index in [0.717, 1.165) is 42.0 Å². The summed E-state index contributed by atoms with van der Waals surface area (Å²) >= 11 is 12.4. The number of hydrogen-bond acceptors (Lipinski definition) is 5. The molecule has 1 saturated carbocycles. The summed E-state index contributed by atoms with van der Waals surface area (Å²) in [5.74, 6) is -0.546. The van der Waals surface area contributed by atoms with E-state index in [1.807, 2.05) is 6.92 Å². The molecule has 1 N–H and O–H groups in total. The van der Waals surface area contributed by atoms with Crippen LogP contribution in [-0.4, -0.2) is 50.4 Å². The molecule has 1 aliphatic carbocycles. The van der Waals surface area contributed by atoms with Gasteiger partial charge in [-0.2, -0.15) is 0 Å². The number of benzene rings is 3. The van der Waals surface area contributed by atoms with Crippen molar-refractivity contribution in [2.45, 2.75) is 76.4 Å². The Morgan fingerprint density at radius 2 is 1.66 bits per heavy atom. The van der Waals surface area contributed by atoms with Crippen molar-refractivity contribution >= 4 is 50.7 Å². The Labute approximate surface area is 270 Å². The van der Waals surface area contributed by atoms with Gasteiger partial charge in [0.15, 0.2) is 0 Å². The van der Waals surface area contributed by atoms with Crippen molar-refractivity contribution in [3.05, 3.63) is 87.9 Å². The van der Waals surface area contributed by atoms with Crippen molar-refractivity contribution in [3.63, 3.8) is 0 Å². The van der Waals surface area contributed by atoms with Gasteiger partial charge in [0.05, 0.1) is 27.2 Å². The Morgan fingerprint density at radius 1 is 0.977 bits per heavy atom. The smallest absolute Gasteiger partial charge is 0.264 e. The van der Waals surface area contributed by atoms with Gasteiger partial charge in [-0.3, -0.25) is 13.9 Å². The minimum absolute atomic E-state index is 0.0144. The Morgan fingerprint density at radius 3 is 2.32 bits per heavy atom. The Kier molecular flexibility index (Phi) is 11.6. The van der Waals surface area contributed by atoms with Gasteiger partial charge in [-0.15, -0.1) is 0 Å². The van der Waals surface area contributed by atoms with Gasteiger partial charge in [0.25, 0.3) is 10.0 Å². The van der Waals surface area contributed by atoms with Crippen molar-refractivity contribution in [2.75, 3.05) is 17.5 Å². The molecule has 0 aliphatic heterocycles. The molecule has 0 unspecified atom stereocenters. The third kappa shape index (κ3) is 8.25. The van der Waals surface area contributed by atoms with E-state index in [4.69, 9.17) is 27.9 Å². The highest BCUT2D eigenvalue weighted by Gasteiger charge is 2.34. The molecule has 0 bridgehead atoms. The predicted molar refractivity (Wildman–Crippen MR) is 175 cm³/mol. The first-order valence-electron chi connectivity index (χ1n) is 14.9. The zero-order chi connectivity index (χ0) is 31.9. The van der Waals surface area contributed by atoms with Crippen LogP contribution in [0.1, 0.15) is 57.1 Å². The van der Waals surface area contributed by atoms with E-state index in [1.165, 1.54) is 17.0 Å². The van der Waals surface area contributed by atoms with Crippen LogP contribution in [0, 0.1) is 6.92 Å². The summed E-state index contributed by atoms with van der Waals surface area (Å²) in [7, 11) is -4.23. The molecule has 8 nitrogen and oxygen atoms in total. The van der Waals surface area contributed by atoms with Crippen LogP contribution < -0.4 is 14.4 Å². The number of nitrogens with zero attached hydrogens (tertiary/aromatic N) is 2. The topological polar surface area (TPSA) is 96.0 Å². The zero-order valence-corrected chi connectivity index (χ0v) is 27.6. The van der Waals surface area contributed by atoms with Crippen LogP contribution in [0.5, 0.6) is 5.75 Å². The summed E-state index contributed by atoms with van der Waals surface area (Å²) in [5, 5.41) is 3.77. The molecule has 44 heavy (non-hydrogen) atoms. The number of carbonyl (C=O) groups is 2. The number of nitrogens with one attached hydrogen (secondary N) is 1. The number of anilines is 1. The molecule has 0 aromatic heterocycles. The number of para-hydroxylation sites is 2. The molecule has 0 spiro atoms. The molecule has 4 rings (SSSR count). The molecule has 236 valence electrons. The second kappa shape index (κ2) is 15.1. The number of ether oxygens (including phenoxy) is 1. The van der Waals surface area contributed by atoms with Crippen LogP contribution in [0.25, 0.3) is 0 Å². The summed E-state index contributed by atoms with van der Waals surface area (Å²) < 4.78 is 35.1. The van der Waals surface area contributed by atoms with E-state index in [9.17, 15) is 18.0 Å². The maximum absolute atomic E-state index is 14.3. The second-order valence-corrected chi connectivity index (χ2v) is 13.7. The van der Waals surface area contributed by atoms with Gasteiger partial charge in [0, 0.05) is 12.6 Å². The van der Waals surface area contributed by atoms with E-state index in [2.05, 4.69) is 5.32 Å². The van der Waals surface area contributed by atoms with Crippen molar-refractivity contribution in [1.82, 2.24) is 10.2 Å². The maximum atomic E-state index is 14.3. The van der Waals surface area contributed by atoms with Crippen LogP contribution in [0.4, 0.5) is 5.69 Å². The van der Waals surface area contributed by atoms with Gasteiger partial charge in [-0.1, -0.05) is 78.4 Å². The molecule has 1 aliphatic rings. The van der Waals surface area contributed by atoms with Crippen LogP contribution in [0.3, 0.4) is 0 Å². The van der Waals surface area contributed by atoms with Gasteiger partial charge in [0.2, 0.25) is 11.8 Å². The van der Waals surface area contributed by atoms with Crippen molar-refractivity contribution in [2.24, 2.45) is 0 Å². The third-order valence-corrected chi connectivity index (χ3v) is 10.3. The average molecular weight is 661 g/mol. The third-order valence-electron chi connectivity index (χ3n) is 7.78. The molecule has 3 aromatic rings. The lowest BCUT2D eigenvalue weighted by molar-refractivity contribution is -0.139. The number of halogens is 2. The minimum atomic E-state index is -4.23. The highest BCUT2D eigenvalue weighted by Crippen LogP contribution is 2.33. The number of sulfonamides is 1. The molecule has 3 aromatic carbocycles. The molecule has 2 amide bonds. The van der Waals surface area contributed by atoms with Crippen LogP contribution >= 0.6 is 23.2 Å². The molecule has 11 heteroatoms. The largest absolute Gasteiger partial charge is 0.492 e. The lowest BCUT2D eigenvalue weighted by Crippen LogP contribution is -2.53. The van der Waals surface area contributed by atoms with Gasteiger partial charge in [-0.25, -0.2) is 8.42 Å². The zero-order valence-electron chi connectivity index (χ0n) is 25.3. The van der Waals surface area contributed by atoms with E-state index >= 15 is 0 Å². The standard InChI is InChI=1S/C33H39Cl2N3O5S/c1-4-43-31-13-9-8-12-30(31)38(44(41,42)27-17-14-23(2)15-18-27)22-32(39)37(21-25-16-19-28(34)29(35)20-25)24(3)33(40)36-26-10-6-5-7-11-26/h8-9,12-20,24,26H,4-7,10-11,21-22H2,1-3H3,(H,36,40)/t24-/m1/s1. The highest BCUT2D eigenvalue weighted by molar-refractivity contribution is 7.92. The van der Waals surface area contributed by atoms with E-state index in [0.29, 0.717) is 28.0 Å². The van der Waals surface area contributed by atoms with E-state index in [1.54, 1.807) is 68.4 Å². The maximum Gasteiger partial charge on any atom is 0.264 e. The normalized spacial score (nSPS) is 14.5. The average Bonchev–Trinajstić information content (AvgIpc) is 3.01. The van der Waals surface area contributed by atoms with E-state index in [-0.39, 0.29) is 29.1 Å². The summed E-state index contributed by atoms with van der Waals surface area (Å²) in [6.07, 6.45) is 4.98. The van der Waals surface area contributed by atoms with E-state index < -0.39 is 28.5 Å². The van der Waals surface area contributed by atoms with Gasteiger partial charge in [-0.05, 0) is 75.6 Å². The first-order chi connectivity index (χ1) is 21.0. The monoisotopic (exact) mass is 659 g/mol. The molecular weight excluding hydrogens is 621 g/mol. The fourth-order valence-corrected chi connectivity index (χ4v) is 7.02. The molecule has 1 fully saturated rings. The Bertz CT molecular complexity index is 1560. The fraction of sp³-hybridized carbons (Fsp3) is 0.394. The number of hydrogen-bond donors (Lipinski definition) is 1. The number of aryl methyl sites for hydroxylation is 1. The fourth-order valence-electron chi connectivity index (χ4n) is 5.28. The molecule has 0 heterocycles. The lowest BCUT2D eigenvalue weighted by atomic mass is 9.95. The molecule has 1 atom stereocenters. The Hall–Kier alpha value is -3.27. The second-order valence-electron chi connectivity index (χ2n) is 11.0. The van der Waals surface area contributed by atoms with Crippen molar-refractivity contribution in [3.8, 4) is 5.75 Å². The molecular formula is C33H39Cl2N3O5S. The molecule has 0 radical (unpaired) electrons. The number of rotatable bonds is 12. The van der Waals surface area contributed by atoms with Crippen LogP contribution in [0.15, 0.2) is 71.6 Å². The van der Waals surface area contributed by atoms with Gasteiger partial charge in [0.1, 0.15) is 18.3 Å². The predicted octanol–water partition coefficient (Wildman–Crippen LogP) is 6.76. The van der Waals surface area contributed by atoms with Crippen molar-refractivity contribution < 1.29 is 22.7 Å². The molecule has 0 saturated heterocycles. The summed E-state index contributed by atoms with van der Waals surface area (Å²) in [4.78, 5) is 29.2. The highest BCUT2D eigenvalue weighted by atomic mass is 35.5. The SMILES string of the molecule is CCOc1ccccc1N(CC(=O)N(Cc1ccc(Cl)c(Cl)c1)[C@H](C)C(=O)NC1CCCCC1)S(=O)(=O)c1ccc(C)cc1. The van der Waals surface area contributed by atoms with Crippen molar-refractivity contribution in [1.29, 1.82) is 0 Å². The first kappa shape index (κ1) is 33.6. The quantitative estimate of drug-likeness (QED) is 0.232. The lowest BCUT2D eigenvalue weighted by Gasteiger charge is -2.33. The number of amides is 2. The number of carbonyl (C=O) groups excluding carboxylic acids is 2. The summed E-state index contributed by atoms with van der Waals surface area (Å²) in [6, 6.07) is 17.3. The summed E-state index contributed by atoms with van der Waals surface area (Å²) in [5.41, 5.74) is 1.76. The first-order valence-corrected chi connectivity index (χ1v) is 17.1. The van der Waals surface area contributed by atoms with Crippen LogP contribution in [-0.2, 0) is 26.2 Å². The minimum Gasteiger partial charge on any atom is -0.492 e. The van der Waals surface area contributed by atoms with Gasteiger partial charge >= 0.3 is 0 Å². The Balaban J connectivity index is 1.73. The summed E-state index contributed by atoms with van der Waals surface area (Å²) in [6.45, 7) is 5.06.